The molecule has 2 rings (SSSR count). The summed E-state index contributed by atoms with van der Waals surface area (Å²) >= 11 is 0. The van der Waals surface area contributed by atoms with Crippen LogP contribution < -0.4 is 0 Å². The van der Waals surface area contributed by atoms with Gasteiger partial charge in [0.1, 0.15) is 55.4 Å². The van der Waals surface area contributed by atoms with Crippen molar-refractivity contribution < 1.29 is 73.8 Å². The first-order chi connectivity index (χ1) is 34.0. The molecule has 7 N–H and O–H groups in total. The number of carbonyl (C=O) groups excluding carboxylic acids is 2. The number of hydrogen-bond acceptors (Lipinski definition) is 15. The molecule has 0 aliphatic carbocycles. The van der Waals surface area contributed by atoms with Gasteiger partial charge in [0.05, 0.1) is 19.8 Å². The highest BCUT2D eigenvalue weighted by molar-refractivity contribution is 5.70. The van der Waals surface area contributed by atoms with E-state index in [1.165, 1.54) is 77.0 Å². The quantitative estimate of drug-likeness (QED) is 0.0175. The summed E-state index contributed by atoms with van der Waals surface area (Å²) in [4.78, 5) is 25.8. The van der Waals surface area contributed by atoms with Gasteiger partial charge >= 0.3 is 11.9 Å². The molecule has 0 saturated carbocycles. The number of ether oxygens (including phenoxy) is 6. The first-order valence-corrected chi connectivity index (χ1v) is 26.9. The standard InChI is InChI=1S/C55H94O15/c1-3-5-7-9-11-13-15-17-19-21-23-25-27-29-31-33-35-37-46(57)65-40-43(68-47(58)38-36-34-32-30-28-26-24-22-20-18-16-14-12-10-8-6-4-2)41-66-54-53(64)51(62)49(60)45(70-54)42-67-55-52(63)50(61)48(59)44(39-56)69-55/h11,13,17-20,24,26,30,32,43-45,48-56,59-64H,3-10,12,14-16,21-23,25,27-29,31,33-42H2,1-2H3/b13-11+,19-17+,20-18+,26-24+,32-30+/t43-,44+,45+,48-,49-,50?,51?,52?,53?,54+,55+/m0/s1. The van der Waals surface area contributed by atoms with Crippen LogP contribution in [0.3, 0.4) is 0 Å². The van der Waals surface area contributed by atoms with E-state index in [0.29, 0.717) is 19.3 Å². The molecule has 0 aromatic rings. The molecule has 4 unspecified atom stereocenters. The normalized spacial score (nSPS) is 25.8. The topological polar surface area (TPSA) is 231 Å². The van der Waals surface area contributed by atoms with Crippen LogP contribution in [0.4, 0.5) is 0 Å². The average Bonchev–Trinajstić information content (AvgIpc) is 3.35. The van der Waals surface area contributed by atoms with Crippen LogP contribution in [0.15, 0.2) is 60.8 Å². The number of hydrogen-bond donors (Lipinski definition) is 7. The number of unbranched alkanes of at least 4 members (excludes halogenated alkanes) is 17. The van der Waals surface area contributed by atoms with Gasteiger partial charge in [-0.2, -0.15) is 0 Å². The average molecular weight is 995 g/mol. The summed E-state index contributed by atoms with van der Waals surface area (Å²) in [7, 11) is 0. The fourth-order valence-electron chi connectivity index (χ4n) is 8.03. The molecule has 2 saturated heterocycles. The third kappa shape index (κ3) is 29.0. The van der Waals surface area contributed by atoms with Gasteiger partial charge in [0.2, 0.25) is 0 Å². The molecule has 11 atom stereocenters. The van der Waals surface area contributed by atoms with E-state index in [4.69, 9.17) is 28.4 Å². The second kappa shape index (κ2) is 41.6. The van der Waals surface area contributed by atoms with Crippen LogP contribution >= 0.6 is 0 Å². The Morgan fingerprint density at radius 1 is 0.457 bits per heavy atom. The monoisotopic (exact) mass is 995 g/mol. The fraction of sp³-hybridized carbons (Fsp3) is 0.782. The molecule has 0 radical (unpaired) electrons. The van der Waals surface area contributed by atoms with Gasteiger partial charge in [-0.05, 0) is 77.0 Å². The van der Waals surface area contributed by atoms with Crippen LogP contribution in [0, 0.1) is 0 Å². The van der Waals surface area contributed by atoms with Crippen molar-refractivity contribution in [3.8, 4) is 0 Å². The first kappa shape index (κ1) is 63.3. The molecule has 15 nitrogen and oxygen atoms in total. The molecular weight excluding hydrogens is 901 g/mol. The maximum atomic E-state index is 13.0. The Balaban J connectivity index is 1.82. The van der Waals surface area contributed by atoms with E-state index in [1.807, 2.05) is 6.08 Å². The fourth-order valence-corrected chi connectivity index (χ4v) is 8.03. The summed E-state index contributed by atoms with van der Waals surface area (Å²) in [6.45, 7) is 2.50. The Morgan fingerprint density at radius 2 is 0.871 bits per heavy atom. The maximum Gasteiger partial charge on any atom is 0.306 e. The summed E-state index contributed by atoms with van der Waals surface area (Å²) in [5.74, 6) is -0.997. The van der Waals surface area contributed by atoms with Gasteiger partial charge in [-0.15, -0.1) is 0 Å². The van der Waals surface area contributed by atoms with Crippen molar-refractivity contribution in [3.63, 3.8) is 0 Å². The molecule has 2 aliphatic rings. The highest BCUT2D eigenvalue weighted by atomic mass is 16.7. The summed E-state index contributed by atoms with van der Waals surface area (Å²) in [6.07, 6.45) is 31.0. The SMILES string of the molecule is CCCCC/C=C/C/C=C/CCCCCCCCCC(=O)OC[C@@H](CO[C@@H]1O[C@H](CO[C@@H]2O[C@H](CO)[C@H](O)C(O)C2O)[C@H](O)C(O)C1O)OC(=O)CCC/C=C/C/C=C/C/C=C/CCCCCCCC. The largest absolute Gasteiger partial charge is 0.462 e. The number of rotatable bonds is 41. The van der Waals surface area contributed by atoms with Gasteiger partial charge in [-0.25, -0.2) is 0 Å². The first-order valence-electron chi connectivity index (χ1n) is 26.9. The van der Waals surface area contributed by atoms with Crippen LogP contribution in [0.25, 0.3) is 0 Å². The van der Waals surface area contributed by atoms with Gasteiger partial charge in [-0.3, -0.25) is 9.59 Å². The van der Waals surface area contributed by atoms with Gasteiger partial charge in [0.15, 0.2) is 18.7 Å². The maximum absolute atomic E-state index is 13.0. The van der Waals surface area contributed by atoms with Crippen molar-refractivity contribution in [1.29, 1.82) is 0 Å². The van der Waals surface area contributed by atoms with E-state index in [1.54, 1.807) is 0 Å². The van der Waals surface area contributed by atoms with Crippen molar-refractivity contribution in [2.24, 2.45) is 0 Å². The molecular formula is C55H94O15. The molecule has 0 spiro atoms. The third-order valence-corrected chi connectivity index (χ3v) is 12.5. The molecule has 2 heterocycles. The molecule has 2 aliphatic heterocycles. The van der Waals surface area contributed by atoms with Gasteiger partial charge < -0.3 is 64.2 Å². The highest BCUT2D eigenvalue weighted by Crippen LogP contribution is 2.26. The number of aliphatic hydroxyl groups excluding tert-OH is 7. The lowest BCUT2D eigenvalue weighted by molar-refractivity contribution is -0.332. The molecule has 70 heavy (non-hydrogen) atoms. The zero-order valence-corrected chi connectivity index (χ0v) is 42.7. The minimum atomic E-state index is -1.78. The van der Waals surface area contributed by atoms with Crippen LogP contribution in [0.2, 0.25) is 0 Å². The molecule has 404 valence electrons. The number of carbonyl (C=O) groups is 2. The molecule has 0 aromatic heterocycles. The number of aliphatic hydroxyl groups is 7. The van der Waals surface area contributed by atoms with Crippen LogP contribution in [-0.4, -0.2) is 142 Å². The minimum absolute atomic E-state index is 0.0897. The smallest absolute Gasteiger partial charge is 0.306 e. The summed E-state index contributed by atoms with van der Waals surface area (Å²) in [6, 6.07) is 0. The minimum Gasteiger partial charge on any atom is -0.462 e. The highest BCUT2D eigenvalue weighted by Gasteiger charge is 2.47. The molecule has 0 aromatic carbocycles. The van der Waals surface area contributed by atoms with Gasteiger partial charge in [0.25, 0.3) is 0 Å². The van der Waals surface area contributed by atoms with Crippen molar-refractivity contribution in [2.75, 3.05) is 26.4 Å². The summed E-state index contributed by atoms with van der Waals surface area (Å²) < 4.78 is 33.5. The van der Waals surface area contributed by atoms with Crippen LogP contribution in [-0.2, 0) is 38.0 Å². The second-order valence-corrected chi connectivity index (χ2v) is 18.7. The van der Waals surface area contributed by atoms with Crippen molar-refractivity contribution >= 4 is 11.9 Å². The summed E-state index contributed by atoms with van der Waals surface area (Å²) in [5.41, 5.74) is 0. The lowest BCUT2D eigenvalue weighted by Crippen LogP contribution is -2.61. The number of esters is 2. The van der Waals surface area contributed by atoms with Crippen molar-refractivity contribution in [2.45, 2.75) is 248 Å². The molecule has 2 fully saturated rings. The van der Waals surface area contributed by atoms with E-state index in [0.717, 1.165) is 57.8 Å². The Bertz CT molecular complexity index is 1450. The van der Waals surface area contributed by atoms with E-state index in [9.17, 15) is 45.3 Å². The molecule has 0 amide bonds. The predicted octanol–water partition coefficient (Wildman–Crippen LogP) is 8.05. The van der Waals surface area contributed by atoms with E-state index in [-0.39, 0.29) is 19.4 Å². The van der Waals surface area contributed by atoms with Gasteiger partial charge in [0, 0.05) is 12.8 Å². The Labute approximate surface area is 420 Å². The van der Waals surface area contributed by atoms with E-state index in [2.05, 4.69) is 68.5 Å². The Hall–Kier alpha value is -2.80. The lowest BCUT2D eigenvalue weighted by atomic mass is 9.98. The zero-order valence-electron chi connectivity index (χ0n) is 42.7. The third-order valence-electron chi connectivity index (χ3n) is 12.5. The summed E-state index contributed by atoms with van der Waals surface area (Å²) in [5, 5.41) is 72.1. The van der Waals surface area contributed by atoms with E-state index < -0.39 is 99.3 Å². The van der Waals surface area contributed by atoms with Crippen LogP contribution in [0.5, 0.6) is 0 Å². The second-order valence-electron chi connectivity index (χ2n) is 18.7. The van der Waals surface area contributed by atoms with Gasteiger partial charge in [-0.1, -0.05) is 152 Å². The Morgan fingerprint density at radius 3 is 1.41 bits per heavy atom. The lowest BCUT2D eigenvalue weighted by Gasteiger charge is -2.42. The zero-order chi connectivity index (χ0) is 51.0. The predicted molar refractivity (Wildman–Crippen MR) is 270 cm³/mol. The molecule has 15 heteroatoms. The van der Waals surface area contributed by atoms with Crippen LogP contribution in [0.1, 0.15) is 181 Å². The van der Waals surface area contributed by atoms with Crippen molar-refractivity contribution in [1.82, 2.24) is 0 Å². The van der Waals surface area contributed by atoms with Crippen molar-refractivity contribution in [3.05, 3.63) is 60.8 Å². The number of allylic oxidation sites excluding steroid dienone is 10. The molecule has 0 bridgehead atoms. The Kier molecular flexibility index (Phi) is 37.7. The van der Waals surface area contributed by atoms with E-state index >= 15 is 0 Å².